The van der Waals surface area contributed by atoms with Crippen molar-refractivity contribution in [3.63, 3.8) is 0 Å². The molecule has 4 N–H and O–H groups in total. The number of unbranched alkanes of at least 4 members (excludes halogenated alkanes) is 1. The van der Waals surface area contributed by atoms with Crippen molar-refractivity contribution in [3.8, 4) is 0 Å². The molecular formula is C23H39N5O6S. The van der Waals surface area contributed by atoms with Gasteiger partial charge >= 0.3 is 0 Å². The molecule has 0 aromatic carbocycles. The molecule has 4 amide bonds. The van der Waals surface area contributed by atoms with Gasteiger partial charge in [-0.25, -0.2) is 0 Å². The van der Waals surface area contributed by atoms with Gasteiger partial charge in [0.2, 0.25) is 23.6 Å². The zero-order chi connectivity index (χ0) is 26.4. The molecule has 0 spiro atoms. The van der Waals surface area contributed by atoms with Crippen molar-refractivity contribution in [1.82, 2.24) is 26.2 Å². The van der Waals surface area contributed by atoms with Gasteiger partial charge in [0.1, 0.15) is 11.6 Å². The maximum absolute atomic E-state index is 12.5. The number of hydrogen-bond acceptors (Lipinski definition) is 9. The van der Waals surface area contributed by atoms with Crippen molar-refractivity contribution < 1.29 is 28.8 Å². The van der Waals surface area contributed by atoms with Crippen LogP contribution in [-0.4, -0.2) is 96.9 Å². The van der Waals surface area contributed by atoms with Gasteiger partial charge < -0.3 is 21.3 Å². The van der Waals surface area contributed by atoms with Gasteiger partial charge in [-0.15, -0.1) is 11.8 Å². The summed E-state index contributed by atoms with van der Waals surface area (Å²) in [4.78, 5) is 72.6. The number of nitrogens with zero attached hydrogens (tertiary/aromatic N) is 1. The fraction of sp³-hybridized carbons (Fsp3) is 0.739. The molecule has 1 saturated heterocycles. The molecule has 198 valence electrons. The maximum atomic E-state index is 12.5. The minimum absolute atomic E-state index is 0.0111. The van der Waals surface area contributed by atoms with E-state index in [-0.39, 0.29) is 79.6 Å². The second kappa shape index (κ2) is 16.4. The van der Waals surface area contributed by atoms with E-state index in [4.69, 9.17) is 0 Å². The fourth-order valence-electron chi connectivity index (χ4n) is 3.59. The Balaban J connectivity index is 2.22. The van der Waals surface area contributed by atoms with Crippen LogP contribution in [0.25, 0.3) is 0 Å². The lowest BCUT2D eigenvalue weighted by Gasteiger charge is -2.16. The minimum atomic E-state index is -0.545. The number of nitrogens with one attached hydrogen (secondary N) is 4. The van der Waals surface area contributed by atoms with Crippen molar-refractivity contribution in [2.45, 2.75) is 69.7 Å². The summed E-state index contributed by atoms with van der Waals surface area (Å²) in [5.41, 5.74) is 0. The second-order valence-corrected chi connectivity index (χ2v) is 9.74. The number of carbonyl (C=O) groups excluding carboxylic acids is 6. The number of thioether (sulfide) groups is 1. The highest BCUT2D eigenvalue weighted by atomic mass is 32.2. The van der Waals surface area contributed by atoms with Gasteiger partial charge in [-0.3, -0.25) is 33.7 Å². The van der Waals surface area contributed by atoms with E-state index in [0.29, 0.717) is 18.7 Å². The third-order valence-corrected chi connectivity index (χ3v) is 7.12. The van der Waals surface area contributed by atoms with Crippen LogP contribution in [0.15, 0.2) is 0 Å². The van der Waals surface area contributed by atoms with Gasteiger partial charge in [0.25, 0.3) is 0 Å². The van der Waals surface area contributed by atoms with E-state index in [0.717, 1.165) is 17.7 Å². The number of carbonyl (C=O) groups is 6. The second-order valence-electron chi connectivity index (χ2n) is 8.51. The average Bonchev–Trinajstić information content (AvgIpc) is 3.07. The summed E-state index contributed by atoms with van der Waals surface area (Å²) < 4.78 is 0. The summed E-state index contributed by atoms with van der Waals surface area (Å²) in [6.45, 7) is 3.67. The molecule has 1 fully saturated rings. The molecule has 1 heterocycles. The van der Waals surface area contributed by atoms with Crippen molar-refractivity contribution in [2.75, 3.05) is 39.5 Å². The summed E-state index contributed by atoms with van der Waals surface area (Å²) in [6, 6.07) is -0.536. The quantitative estimate of drug-likeness (QED) is 0.139. The number of likely N-dealkylation sites (tertiary alicyclic amines) is 1. The molecular weight excluding hydrogens is 474 g/mol. The first-order chi connectivity index (χ1) is 16.6. The van der Waals surface area contributed by atoms with Gasteiger partial charge in [-0.2, -0.15) is 0 Å². The first kappa shape index (κ1) is 30.7. The number of hydrogen-bond donors (Lipinski definition) is 4. The average molecular weight is 514 g/mol. The van der Waals surface area contributed by atoms with Gasteiger partial charge in [-0.1, -0.05) is 0 Å². The minimum Gasteiger partial charge on any atom is -0.356 e. The Labute approximate surface area is 211 Å². The molecule has 35 heavy (non-hydrogen) atoms. The van der Waals surface area contributed by atoms with E-state index in [1.807, 2.05) is 0 Å². The fourth-order valence-corrected chi connectivity index (χ4v) is 4.95. The molecule has 0 aromatic rings. The molecule has 12 heteroatoms. The van der Waals surface area contributed by atoms with Crippen molar-refractivity contribution in [2.24, 2.45) is 0 Å². The third kappa shape index (κ3) is 11.3. The van der Waals surface area contributed by atoms with E-state index in [1.54, 1.807) is 21.0 Å². The first-order valence-corrected chi connectivity index (χ1v) is 13.0. The Hall–Kier alpha value is -2.31. The van der Waals surface area contributed by atoms with Crippen LogP contribution in [0.1, 0.15) is 52.4 Å². The number of amides is 4. The molecule has 0 radical (unpaired) electrons. The van der Waals surface area contributed by atoms with Crippen LogP contribution in [0.2, 0.25) is 0 Å². The van der Waals surface area contributed by atoms with Crippen LogP contribution in [0.5, 0.6) is 0 Å². The molecule has 3 unspecified atom stereocenters. The van der Waals surface area contributed by atoms with Crippen LogP contribution in [0, 0.1) is 0 Å². The van der Waals surface area contributed by atoms with E-state index in [1.165, 1.54) is 18.7 Å². The predicted octanol–water partition coefficient (Wildman–Crippen LogP) is -0.616. The number of ketones is 2. The first-order valence-electron chi connectivity index (χ1n) is 11.9. The standard InChI is InChI=1S/C23H39N5O6S/c1-15(29)17(24-3)7-5-6-10-26-20(31)8-11-27-21(32)9-12-28-22(33)13-19(23(28)34)35-14-18(25-4)16(2)30/h17-19,24-25H,5-14H2,1-4H3,(H,26,31)(H,27,32). The zero-order valence-corrected chi connectivity index (χ0v) is 21.9. The summed E-state index contributed by atoms with van der Waals surface area (Å²) in [7, 11) is 3.41. The Morgan fingerprint density at radius 2 is 1.51 bits per heavy atom. The van der Waals surface area contributed by atoms with E-state index in [2.05, 4.69) is 21.3 Å². The van der Waals surface area contributed by atoms with Crippen LogP contribution in [0.3, 0.4) is 0 Å². The molecule has 1 aliphatic rings. The Kier molecular flexibility index (Phi) is 14.4. The van der Waals surface area contributed by atoms with Crippen molar-refractivity contribution in [3.05, 3.63) is 0 Å². The van der Waals surface area contributed by atoms with Gasteiger partial charge in [-0.05, 0) is 47.2 Å². The Morgan fingerprint density at radius 3 is 2.11 bits per heavy atom. The monoisotopic (exact) mass is 513 g/mol. The highest BCUT2D eigenvalue weighted by molar-refractivity contribution is 8.00. The van der Waals surface area contributed by atoms with Gasteiger partial charge in [0, 0.05) is 44.6 Å². The highest BCUT2D eigenvalue weighted by Gasteiger charge is 2.39. The summed E-state index contributed by atoms with van der Waals surface area (Å²) in [5, 5.41) is 10.7. The van der Waals surface area contributed by atoms with E-state index < -0.39 is 5.25 Å². The molecule has 11 nitrogen and oxygen atoms in total. The molecule has 1 rings (SSSR count). The van der Waals surface area contributed by atoms with Crippen LogP contribution < -0.4 is 21.3 Å². The Bertz CT molecular complexity index is 778. The normalized spacial score (nSPS) is 17.3. The van der Waals surface area contributed by atoms with Crippen LogP contribution in [-0.2, 0) is 28.8 Å². The highest BCUT2D eigenvalue weighted by Crippen LogP contribution is 2.26. The predicted molar refractivity (Wildman–Crippen MR) is 134 cm³/mol. The molecule has 0 saturated carbocycles. The third-order valence-electron chi connectivity index (χ3n) is 5.82. The zero-order valence-electron chi connectivity index (χ0n) is 21.1. The number of rotatable bonds is 18. The SMILES string of the molecule is CNC(CCCCNC(=O)CCNC(=O)CCN1C(=O)CC(SCC(NC)C(C)=O)C1=O)C(C)=O. The van der Waals surface area contributed by atoms with Crippen LogP contribution >= 0.6 is 11.8 Å². The van der Waals surface area contributed by atoms with Crippen LogP contribution in [0.4, 0.5) is 0 Å². The maximum Gasteiger partial charge on any atom is 0.242 e. The smallest absolute Gasteiger partial charge is 0.242 e. The molecule has 1 aliphatic heterocycles. The molecule has 0 aromatic heterocycles. The lowest BCUT2D eigenvalue weighted by Crippen LogP contribution is -2.37. The number of imide groups is 1. The topological polar surface area (TPSA) is 154 Å². The summed E-state index contributed by atoms with van der Waals surface area (Å²) in [6.07, 6.45) is 2.43. The van der Waals surface area contributed by atoms with Crippen molar-refractivity contribution >= 4 is 47.0 Å². The molecule has 0 bridgehead atoms. The lowest BCUT2D eigenvalue weighted by molar-refractivity contribution is -0.138. The number of Topliss-reactive ketones (excluding diaryl/α,β-unsaturated/α-hetero) is 2. The summed E-state index contributed by atoms with van der Waals surface area (Å²) in [5.74, 6) is -0.743. The molecule has 3 atom stereocenters. The Morgan fingerprint density at radius 1 is 0.914 bits per heavy atom. The molecule has 0 aliphatic carbocycles. The van der Waals surface area contributed by atoms with Gasteiger partial charge in [0.15, 0.2) is 0 Å². The number of likely N-dealkylation sites (N-methyl/N-ethyl adjacent to an activating group) is 2. The summed E-state index contributed by atoms with van der Waals surface area (Å²) >= 11 is 1.27. The lowest BCUT2D eigenvalue weighted by atomic mass is 10.1. The largest absolute Gasteiger partial charge is 0.356 e. The van der Waals surface area contributed by atoms with Gasteiger partial charge in [0.05, 0.1) is 17.3 Å². The van der Waals surface area contributed by atoms with Crippen molar-refractivity contribution in [1.29, 1.82) is 0 Å². The van der Waals surface area contributed by atoms with E-state index >= 15 is 0 Å². The van der Waals surface area contributed by atoms with E-state index in [9.17, 15) is 28.8 Å².